The van der Waals surface area contributed by atoms with Crippen molar-refractivity contribution in [1.82, 2.24) is 19.8 Å². The first-order chi connectivity index (χ1) is 14.8. The van der Waals surface area contributed by atoms with Crippen molar-refractivity contribution in [3.8, 4) is 11.4 Å². The second-order valence-electron chi connectivity index (χ2n) is 9.03. The average molecular weight is 436 g/mol. The first kappa shape index (κ1) is 21.4. The van der Waals surface area contributed by atoms with Crippen LogP contribution in [0.5, 0.6) is 0 Å². The average Bonchev–Trinajstić information content (AvgIpc) is 3.53. The summed E-state index contributed by atoms with van der Waals surface area (Å²) >= 11 is 1.34. The number of hydrogen-bond donors (Lipinski definition) is 1. The van der Waals surface area contributed by atoms with Crippen LogP contribution in [0, 0.1) is 0 Å². The fourth-order valence-electron chi connectivity index (χ4n) is 3.49. The maximum absolute atomic E-state index is 12.9. The number of carbonyl (C=O) groups is 1. The molecule has 6 nitrogen and oxygen atoms in total. The van der Waals surface area contributed by atoms with Crippen molar-refractivity contribution in [3.63, 3.8) is 0 Å². The van der Waals surface area contributed by atoms with E-state index in [1.807, 2.05) is 35.2 Å². The first-order valence-corrected chi connectivity index (χ1v) is 11.6. The molecule has 0 radical (unpaired) electrons. The summed E-state index contributed by atoms with van der Waals surface area (Å²) in [5, 5.41) is 9.02. The maximum atomic E-state index is 12.9. The Balaban J connectivity index is 1.42. The van der Waals surface area contributed by atoms with Gasteiger partial charge in [0.15, 0.2) is 5.82 Å². The minimum absolute atomic E-state index is 0.0868. The molecule has 162 valence electrons. The number of benzene rings is 2. The number of thioether (sulfide) groups is 1. The number of amides is 1. The molecule has 4 rings (SSSR count). The highest BCUT2D eigenvalue weighted by Crippen LogP contribution is 2.30. The Kier molecular flexibility index (Phi) is 6.05. The molecule has 0 saturated heterocycles. The third kappa shape index (κ3) is 5.10. The van der Waals surface area contributed by atoms with Crippen molar-refractivity contribution in [2.75, 3.05) is 11.6 Å². The van der Waals surface area contributed by atoms with Crippen LogP contribution in [0.15, 0.2) is 59.8 Å². The number of rotatable bonds is 7. The molecular weight excluding hydrogens is 406 g/mol. The van der Waals surface area contributed by atoms with E-state index in [2.05, 4.69) is 55.2 Å². The van der Waals surface area contributed by atoms with Crippen molar-refractivity contribution in [2.24, 2.45) is 0 Å². The Hall–Kier alpha value is -2.80. The summed E-state index contributed by atoms with van der Waals surface area (Å²) in [4.78, 5) is 14.9. The van der Waals surface area contributed by atoms with E-state index in [-0.39, 0.29) is 11.3 Å². The number of carbonyl (C=O) groups excluding carboxylic acids is 1. The Morgan fingerprint density at radius 3 is 2.39 bits per heavy atom. The number of hydrogen-bond acceptors (Lipinski definition) is 5. The van der Waals surface area contributed by atoms with Crippen LogP contribution < -0.4 is 5.84 Å². The molecular formula is C24H29N5OS. The SMILES string of the molecule is CC(C)(C)c1ccc(-c2nnc(SCC(=O)N(Cc3ccccc3)C3CC3)n2N)cc1. The fourth-order valence-corrected chi connectivity index (χ4v) is 4.23. The summed E-state index contributed by atoms with van der Waals surface area (Å²) in [7, 11) is 0. The van der Waals surface area contributed by atoms with Gasteiger partial charge in [0, 0.05) is 18.2 Å². The van der Waals surface area contributed by atoms with E-state index in [4.69, 9.17) is 5.84 Å². The van der Waals surface area contributed by atoms with Gasteiger partial charge in [-0.3, -0.25) is 4.79 Å². The van der Waals surface area contributed by atoms with Crippen molar-refractivity contribution >= 4 is 17.7 Å². The normalized spacial score (nSPS) is 13.9. The third-order valence-electron chi connectivity index (χ3n) is 5.50. The van der Waals surface area contributed by atoms with Gasteiger partial charge >= 0.3 is 0 Å². The van der Waals surface area contributed by atoms with Gasteiger partial charge in [0.2, 0.25) is 11.1 Å². The van der Waals surface area contributed by atoms with E-state index in [0.29, 0.717) is 29.3 Å². The highest BCUT2D eigenvalue weighted by Gasteiger charge is 2.32. The van der Waals surface area contributed by atoms with Gasteiger partial charge in [-0.1, -0.05) is 87.1 Å². The highest BCUT2D eigenvalue weighted by molar-refractivity contribution is 7.99. The van der Waals surface area contributed by atoms with Crippen LogP contribution in [0.1, 0.15) is 44.7 Å². The standard InChI is InChI=1S/C24H29N5OS/c1-24(2,3)19-11-9-18(10-12-19)22-26-27-23(29(22)25)31-16-21(30)28(20-13-14-20)15-17-7-5-4-6-8-17/h4-12,20H,13-16,25H2,1-3H3. The molecule has 0 unspecified atom stereocenters. The van der Waals surface area contributed by atoms with Crippen molar-refractivity contribution in [2.45, 2.75) is 56.8 Å². The first-order valence-electron chi connectivity index (χ1n) is 10.6. The number of nitrogens with zero attached hydrogens (tertiary/aromatic N) is 4. The van der Waals surface area contributed by atoms with E-state index in [9.17, 15) is 4.79 Å². The predicted molar refractivity (Wildman–Crippen MR) is 125 cm³/mol. The van der Waals surface area contributed by atoms with Crippen molar-refractivity contribution in [3.05, 3.63) is 65.7 Å². The summed E-state index contributed by atoms with van der Waals surface area (Å²) in [6.45, 7) is 7.19. The third-order valence-corrected chi connectivity index (χ3v) is 6.43. The Labute approximate surface area is 187 Å². The van der Waals surface area contributed by atoms with Crippen LogP contribution in [-0.4, -0.2) is 37.5 Å². The molecule has 1 aliphatic rings. The Morgan fingerprint density at radius 1 is 1.10 bits per heavy atom. The molecule has 0 spiro atoms. The van der Waals surface area contributed by atoms with Crippen LogP contribution in [0.25, 0.3) is 11.4 Å². The second kappa shape index (κ2) is 8.75. The summed E-state index contributed by atoms with van der Waals surface area (Å²) in [5.74, 6) is 7.26. The van der Waals surface area contributed by atoms with Crippen molar-refractivity contribution in [1.29, 1.82) is 0 Å². The van der Waals surface area contributed by atoms with Gasteiger partial charge in [0.1, 0.15) is 0 Å². The lowest BCUT2D eigenvalue weighted by molar-refractivity contribution is -0.129. The molecule has 1 aliphatic carbocycles. The summed E-state index contributed by atoms with van der Waals surface area (Å²) in [6, 6.07) is 18.7. The zero-order valence-electron chi connectivity index (χ0n) is 18.3. The molecule has 2 aromatic carbocycles. The quantitative estimate of drug-likeness (QED) is 0.444. The summed E-state index contributed by atoms with van der Waals surface area (Å²) in [5.41, 5.74) is 3.39. The lowest BCUT2D eigenvalue weighted by atomic mass is 9.87. The summed E-state index contributed by atoms with van der Waals surface area (Å²) < 4.78 is 1.47. The van der Waals surface area contributed by atoms with Crippen LogP contribution in [0.3, 0.4) is 0 Å². The highest BCUT2D eigenvalue weighted by atomic mass is 32.2. The Bertz CT molecular complexity index is 1040. The smallest absolute Gasteiger partial charge is 0.233 e. The minimum atomic E-state index is 0.0868. The van der Waals surface area contributed by atoms with E-state index in [1.165, 1.54) is 22.0 Å². The fraction of sp³-hybridized carbons (Fsp3) is 0.375. The van der Waals surface area contributed by atoms with Crippen LogP contribution >= 0.6 is 11.8 Å². The molecule has 1 saturated carbocycles. The molecule has 0 atom stereocenters. The molecule has 2 N–H and O–H groups in total. The largest absolute Gasteiger partial charge is 0.335 e. The van der Waals surface area contributed by atoms with Gasteiger partial charge in [-0.15, -0.1) is 10.2 Å². The topological polar surface area (TPSA) is 77.0 Å². The number of aromatic nitrogens is 3. The van der Waals surface area contributed by atoms with Crippen molar-refractivity contribution < 1.29 is 4.79 Å². The van der Waals surface area contributed by atoms with E-state index in [1.54, 1.807) is 0 Å². The predicted octanol–water partition coefficient (Wildman–Crippen LogP) is 4.24. The number of nitrogens with two attached hydrogens (primary N) is 1. The zero-order chi connectivity index (χ0) is 22.0. The molecule has 1 heterocycles. The maximum Gasteiger partial charge on any atom is 0.233 e. The van der Waals surface area contributed by atoms with E-state index < -0.39 is 0 Å². The molecule has 1 fully saturated rings. The molecule has 0 aliphatic heterocycles. The molecule has 1 amide bonds. The zero-order valence-corrected chi connectivity index (χ0v) is 19.1. The van der Waals surface area contributed by atoms with E-state index in [0.717, 1.165) is 24.0 Å². The molecule has 0 bridgehead atoms. The second-order valence-corrected chi connectivity index (χ2v) is 9.97. The van der Waals surface area contributed by atoms with E-state index >= 15 is 0 Å². The van der Waals surface area contributed by atoms with Gasteiger partial charge < -0.3 is 10.7 Å². The monoisotopic (exact) mass is 435 g/mol. The van der Waals surface area contributed by atoms with Gasteiger partial charge in [0.25, 0.3) is 0 Å². The minimum Gasteiger partial charge on any atom is -0.335 e. The molecule has 1 aromatic heterocycles. The van der Waals surface area contributed by atoms with Crippen LogP contribution in [0.2, 0.25) is 0 Å². The molecule has 3 aromatic rings. The molecule has 31 heavy (non-hydrogen) atoms. The van der Waals surface area contributed by atoms with Gasteiger partial charge in [-0.2, -0.15) is 0 Å². The lowest BCUT2D eigenvalue weighted by Crippen LogP contribution is -2.34. The number of nitrogen functional groups attached to an aromatic ring is 1. The van der Waals surface area contributed by atoms with Crippen LogP contribution in [0.4, 0.5) is 0 Å². The van der Waals surface area contributed by atoms with Gasteiger partial charge in [0.05, 0.1) is 5.75 Å². The lowest BCUT2D eigenvalue weighted by Gasteiger charge is -2.22. The summed E-state index contributed by atoms with van der Waals surface area (Å²) in [6.07, 6.45) is 2.15. The van der Waals surface area contributed by atoms with Gasteiger partial charge in [-0.05, 0) is 29.4 Å². The Morgan fingerprint density at radius 2 is 1.77 bits per heavy atom. The van der Waals surface area contributed by atoms with Crippen LogP contribution in [-0.2, 0) is 16.8 Å². The van der Waals surface area contributed by atoms with Gasteiger partial charge in [-0.25, -0.2) is 4.68 Å². The molecule has 7 heteroatoms.